The predicted molar refractivity (Wildman–Crippen MR) is 72.7 cm³/mol. The number of aryl methyl sites for hydroxylation is 1. The van der Waals surface area contributed by atoms with Crippen LogP contribution in [0.4, 0.5) is 0 Å². The third-order valence-corrected chi connectivity index (χ3v) is 3.00. The molecule has 0 heterocycles. The van der Waals surface area contributed by atoms with Crippen LogP contribution in [0.5, 0.6) is 0 Å². The van der Waals surface area contributed by atoms with Crippen LogP contribution in [0.25, 0.3) is 0 Å². The smallest absolute Gasteiger partial charge is 0.294 e. The second kappa shape index (κ2) is 6.94. The second-order valence-corrected chi connectivity index (χ2v) is 4.25. The van der Waals surface area contributed by atoms with Gasteiger partial charge in [0.05, 0.1) is 0 Å². The predicted octanol–water partition coefficient (Wildman–Crippen LogP) is 2.69. The molecule has 0 aliphatic rings. The molecular weight excluding hydrogens is 226 g/mol. The van der Waals surface area contributed by atoms with Crippen molar-refractivity contribution in [2.45, 2.75) is 33.6 Å². The van der Waals surface area contributed by atoms with Gasteiger partial charge in [0.25, 0.3) is 5.91 Å². The van der Waals surface area contributed by atoms with Crippen molar-refractivity contribution >= 4 is 11.7 Å². The van der Waals surface area contributed by atoms with Gasteiger partial charge in [0.1, 0.15) is 0 Å². The van der Waals surface area contributed by atoms with Crippen molar-refractivity contribution in [2.24, 2.45) is 0 Å². The van der Waals surface area contributed by atoms with Gasteiger partial charge < -0.3 is 4.90 Å². The molecule has 0 aliphatic heterocycles. The molecule has 3 heteroatoms. The molecule has 1 amide bonds. The van der Waals surface area contributed by atoms with Gasteiger partial charge in [0.15, 0.2) is 0 Å². The Morgan fingerprint density at radius 1 is 1.00 bits per heavy atom. The standard InChI is InChI=1S/C15H21NO2/c1-4-7-12-8-10-13(11-9-12)14(17)15(18)16(5-2)6-3/h8-11H,4-7H2,1-3H3. The molecule has 0 spiro atoms. The monoisotopic (exact) mass is 247 g/mol. The lowest BCUT2D eigenvalue weighted by Gasteiger charge is -2.17. The van der Waals surface area contributed by atoms with E-state index in [2.05, 4.69) is 6.92 Å². The highest BCUT2D eigenvalue weighted by Crippen LogP contribution is 2.08. The summed E-state index contributed by atoms with van der Waals surface area (Å²) < 4.78 is 0. The number of rotatable bonds is 6. The van der Waals surface area contributed by atoms with Gasteiger partial charge in [-0.3, -0.25) is 9.59 Å². The van der Waals surface area contributed by atoms with Gasteiger partial charge in [-0.1, -0.05) is 37.6 Å². The molecule has 0 saturated heterocycles. The molecule has 1 aromatic carbocycles. The van der Waals surface area contributed by atoms with E-state index in [4.69, 9.17) is 0 Å². The molecule has 0 atom stereocenters. The molecule has 0 N–H and O–H groups in total. The Balaban J connectivity index is 2.80. The van der Waals surface area contributed by atoms with Crippen molar-refractivity contribution < 1.29 is 9.59 Å². The van der Waals surface area contributed by atoms with Gasteiger partial charge in [0, 0.05) is 18.7 Å². The average Bonchev–Trinajstić information content (AvgIpc) is 2.40. The van der Waals surface area contributed by atoms with Crippen LogP contribution < -0.4 is 0 Å². The number of hydrogen-bond donors (Lipinski definition) is 0. The highest BCUT2D eigenvalue weighted by molar-refractivity contribution is 6.42. The lowest BCUT2D eigenvalue weighted by atomic mass is 10.0. The number of amides is 1. The topological polar surface area (TPSA) is 37.4 Å². The Morgan fingerprint density at radius 2 is 1.56 bits per heavy atom. The summed E-state index contributed by atoms with van der Waals surface area (Å²) >= 11 is 0. The molecule has 0 saturated carbocycles. The third-order valence-electron chi connectivity index (χ3n) is 3.00. The molecule has 1 aromatic rings. The first-order valence-corrected chi connectivity index (χ1v) is 6.56. The van der Waals surface area contributed by atoms with E-state index in [9.17, 15) is 9.59 Å². The first-order chi connectivity index (χ1) is 8.63. The zero-order valence-electron chi connectivity index (χ0n) is 11.4. The number of hydrogen-bond acceptors (Lipinski definition) is 2. The van der Waals surface area contributed by atoms with Crippen LogP contribution in [0, 0.1) is 0 Å². The number of carbonyl (C=O) groups excluding carboxylic acids is 2. The summed E-state index contributed by atoms with van der Waals surface area (Å²) in [6.45, 7) is 6.99. The van der Waals surface area contributed by atoms with Crippen molar-refractivity contribution in [1.82, 2.24) is 4.90 Å². The summed E-state index contributed by atoms with van der Waals surface area (Å²) in [5.74, 6) is -0.829. The molecule has 98 valence electrons. The minimum atomic E-state index is -0.415. The molecule has 1 rings (SSSR count). The molecular formula is C15H21NO2. The molecule has 0 radical (unpaired) electrons. The zero-order chi connectivity index (χ0) is 13.5. The van der Waals surface area contributed by atoms with Crippen molar-refractivity contribution in [1.29, 1.82) is 0 Å². The fourth-order valence-corrected chi connectivity index (χ4v) is 1.89. The van der Waals surface area contributed by atoms with E-state index >= 15 is 0 Å². The maximum Gasteiger partial charge on any atom is 0.294 e. The maximum atomic E-state index is 12.0. The molecule has 3 nitrogen and oxygen atoms in total. The SMILES string of the molecule is CCCc1ccc(C(=O)C(=O)N(CC)CC)cc1. The minimum absolute atomic E-state index is 0.414. The first kappa shape index (κ1) is 14.4. The lowest BCUT2D eigenvalue weighted by Crippen LogP contribution is -2.36. The van der Waals surface area contributed by atoms with E-state index in [0.717, 1.165) is 12.8 Å². The van der Waals surface area contributed by atoms with Gasteiger partial charge >= 0.3 is 0 Å². The van der Waals surface area contributed by atoms with E-state index in [-0.39, 0.29) is 0 Å². The van der Waals surface area contributed by atoms with Crippen molar-refractivity contribution in [3.63, 3.8) is 0 Å². The van der Waals surface area contributed by atoms with Gasteiger partial charge in [-0.05, 0) is 25.8 Å². The van der Waals surface area contributed by atoms with Crippen molar-refractivity contribution in [2.75, 3.05) is 13.1 Å². The number of carbonyl (C=O) groups is 2. The van der Waals surface area contributed by atoms with Crippen LogP contribution in [-0.2, 0) is 11.2 Å². The van der Waals surface area contributed by atoms with Crippen LogP contribution in [0.2, 0.25) is 0 Å². The third kappa shape index (κ3) is 3.42. The largest absolute Gasteiger partial charge is 0.336 e. The summed E-state index contributed by atoms with van der Waals surface area (Å²) in [5, 5.41) is 0. The Hall–Kier alpha value is -1.64. The summed E-state index contributed by atoms with van der Waals surface area (Å²) in [7, 11) is 0. The first-order valence-electron chi connectivity index (χ1n) is 6.56. The fraction of sp³-hybridized carbons (Fsp3) is 0.467. The Kier molecular flexibility index (Phi) is 5.56. The fourth-order valence-electron chi connectivity index (χ4n) is 1.89. The van der Waals surface area contributed by atoms with Crippen LogP contribution in [0.3, 0.4) is 0 Å². The van der Waals surface area contributed by atoms with Crippen LogP contribution in [0.15, 0.2) is 24.3 Å². The van der Waals surface area contributed by atoms with Crippen LogP contribution >= 0.6 is 0 Å². The molecule has 0 aromatic heterocycles. The Morgan fingerprint density at radius 3 is 2.00 bits per heavy atom. The van der Waals surface area contributed by atoms with E-state index < -0.39 is 11.7 Å². The second-order valence-electron chi connectivity index (χ2n) is 4.25. The number of nitrogens with zero attached hydrogens (tertiary/aromatic N) is 1. The van der Waals surface area contributed by atoms with Crippen molar-refractivity contribution in [3.05, 3.63) is 35.4 Å². The van der Waals surface area contributed by atoms with Crippen LogP contribution in [0.1, 0.15) is 43.1 Å². The summed E-state index contributed by atoms with van der Waals surface area (Å²) in [5.41, 5.74) is 1.68. The zero-order valence-corrected chi connectivity index (χ0v) is 11.4. The summed E-state index contributed by atoms with van der Waals surface area (Å²) in [4.78, 5) is 25.4. The Labute approximate surface area is 109 Å². The van der Waals surface area contributed by atoms with E-state index in [1.54, 1.807) is 17.0 Å². The van der Waals surface area contributed by atoms with Gasteiger partial charge in [-0.2, -0.15) is 0 Å². The van der Waals surface area contributed by atoms with Crippen molar-refractivity contribution in [3.8, 4) is 0 Å². The minimum Gasteiger partial charge on any atom is -0.336 e. The number of ketones is 1. The molecule has 0 unspecified atom stereocenters. The number of benzene rings is 1. The van der Waals surface area contributed by atoms with Gasteiger partial charge in [-0.25, -0.2) is 0 Å². The molecule has 0 fully saturated rings. The summed E-state index contributed by atoms with van der Waals surface area (Å²) in [6, 6.07) is 7.34. The highest BCUT2D eigenvalue weighted by Gasteiger charge is 2.20. The average molecular weight is 247 g/mol. The van der Waals surface area contributed by atoms with E-state index in [1.807, 2.05) is 26.0 Å². The van der Waals surface area contributed by atoms with Gasteiger partial charge in [-0.15, -0.1) is 0 Å². The van der Waals surface area contributed by atoms with Gasteiger partial charge in [0.2, 0.25) is 5.78 Å². The molecule has 18 heavy (non-hydrogen) atoms. The molecule has 0 aliphatic carbocycles. The van der Waals surface area contributed by atoms with E-state index in [0.29, 0.717) is 18.7 Å². The van der Waals surface area contributed by atoms with E-state index in [1.165, 1.54) is 5.56 Å². The lowest BCUT2D eigenvalue weighted by molar-refractivity contribution is -0.126. The highest BCUT2D eigenvalue weighted by atomic mass is 16.2. The molecule has 0 bridgehead atoms. The number of Topliss-reactive ketones (excluding diaryl/α,β-unsaturated/α-hetero) is 1. The van der Waals surface area contributed by atoms with Crippen LogP contribution in [-0.4, -0.2) is 29.7 Å². The normalized spacial score (nSPS) is 10.2. The quantitative estimate of drug-likeness (QED) is 0.572. The number of likely N-dealkylation sites (N-methyl/N-ethyl adjacent to an activating group) is 1. The maximum absolute atomic E-state index is 12.0. The Bertz CT molecular complexity index is 405. The summed E-state index contributed by atoms with van der Waals surface area (Å²) in [6.07, 6.45) is 2.07.